The molecular formula is C17H21FN2ORe2-4. The molecule has 1 aliphatic rings. The second-order valence-corrected chi connectivity index (χ2v) is 5.81. The third kappa shape index (κ3) is 4.91. The van der Waals surface area contributed by atoms with Crippen molar-refractivity contribution in [2.45, 2.75) is 27.0 Å². The van der Waals surface area contributed by atoms with Crippen molar-refractivity contribution in [1.29, 1.82) is 0 Å². The van der Waals surface area contributed by atoms with Crippen LogP contribution >= 0.6 is 0 Å². The van der Waals surface area contributed by atoms with E-state index in [2.05, 4.69) is 31.1 Å². The van der Waals surface area contributed by atoms with Gasteiger partial charge in [-0.2, -0.15) is 6.20 Å². The van der Waals surface area contributed by atoms with E-state index in [-0.39, 0.29) is 73.2 Å². The van der Waals surface area contributed by atoms with Gasteiger partial charge in [0.2, 0.25) is 0 Å². The smallest absolute Gasteiger partial charge is 0.123 e. The quantitative estimate of drug-likeness (QED) is 0.408. The van der Waals surface area contributed by atoms with Gasteiger partial charge in [-0.1, -0.05) is 26.8 Å². The number of hydrogen-bond donors (Lipinski definition) is 0. The van der Waals surface area contributed by atoms with Gasteiger partial charge in [0.1, 0.15) is 11.6 Å². The Kier molecular flexibility index (Phi) is 9.63. The molecule has 0 fully saturated rings. The second kappa shape index (κ2) is 9.00. The standard InChI is InChI=1S/C15H15FN2O.2CH3.2Re/c1-15(2,3)14-18-8-13(19-14)11-7-17-12-5-4-9(16)6-10(11)12;;;;/h4-8,14H,1-3H3;2*1H3;;/q-2;2*-1;;. The van der Waals surface area contributed by atoms with Crippen LogP contribution in [0, 0.1) is 26.1 Å². The minimum Gasteiger partial charge on any atom is -0.663 e. The van der Waals surface area contributed by atoms with E-state index in [1.807, 2.05) is 0 Å². The maximum Gasteiger partial charge on any atom is 0.123 e. The average Bonchev–Trinajstić information content (AvgIpc) is 2.92. The van der Waals surface area contributed by atoms with Gasteiger partial charge in [0, 0.05) is 47.1 Å². The summed E-state index contributed by atoms with van der Waals surface area (Å²) in [7, 11) is 0. The molecule has 0 spiro atoms. The van der Waals surface area contributed by atoms with Crippen LogP contribution in [0.15, 0.2) is 30.6 Å². The zero-order chi connectivity index (χ0) is 13.6. The SMILES string of the molecule is CC(C)(C)C1[N-]C=C(c2c[n-]c3ccc(F)cc23)O1.[CH3-].[CH3-].[Re].[Re]. The molecule has 2 radical (unpaired) electrons. The van der Waals surface area contributed by atoms with Crippen LogP contribution in [-0.2, 0) is 45.6 Å². The van der Waals surface area contributed by atoms with Crippen molar-refractivity contribution < 1.29 is 50.0 Å². The zero-order valence-electron chi connectivity index (χ0n) is 13.9. The molecule has 1 atom stereocenters. The summed E-state index contributed by atoms with van der Waals surface area (Å²) in [4.78, 5) is 4.26. The van der Waals surface area contributed by atoms with Gasteiger partial charge in [0.15, 0.2) is 0 Å². The number of benzene rings is 1. The molecule has 1 aromatic carbocycles. The van der Waals surface area contributed by atoms with E-state index in [1.165, 1.54) is 12.1 Å². The molecule has 23 heavy (non-hydrogen) atoms. The van der Waals surface area contributed by atoms with Gasteiger partial charge in [-0.25, -0.2) is 4.39 Å². The summed E-state index contributed by atoms with van der Waals surface area (Å²) in [5, 5.41) is 5.13. The number of rotatable bonds is 1. The van der Waals surface area contributed by atoms with E-state index in [9.17, 15) is 4.39 Å². The van der Waals surface area contributed by atoms with Crippen molar-refractivity contribution in [2.75, 3.05) is 0 Å². The molecule has 0 bridgehead atoms. The van der Waals surface area contributed by atoms with E-state index >= 15 is 0 Å². The Morgan fingerprint density at radius 1 is 1.13 bits per heavy atom. The molecule has 0 aliphatic carbocycles. The first-order valence-electron chi connectivity index (χ1n) is 6.23. The predicted octanol–water partition coefficient (Wildman–Crippen LogP) is 4.91. The molecule has 3 nitrogen and oxygen atoms in total. The van der Waals surface area contributed by atoms with Gasteiger partial charge in [-0.15, -0.1) is 11.7 Å². The average molecular weight is 661 g/mol. The molecule has 0 saturated carbocycles. The van der Waals surface area contributed by atoms with Gasteiger partial charge in [-0.3, -0.25) is 0 Å². The first kappa shape index (κ1) is 24.6. The number of halogens is 1. The Morgan fingerprint density at radius 3 is 2.35 bits per heavy atom. The van der Waals surface area contributed by atoms with E-state index in [0.717, 1.165) is 16.5 Å². The maximum absolute atomic E-state index is 13.3. The van der Waals surface area contributed by atoms with Crippen LogP contribution in [0.1, 0.15) is 26.3 Å². The normalized spacial score (nSPS) is 15.8. The molecule has 2 aromatic rings. The molecule has 0 saturated heterocycles. The van der Waals surface area contributed by atoms with Crippen LogP contribution < -0.4 is 4.98 Å². The van der Waals surface area contributed by atoms with Crippen LogP contribution in [0.5, 0.6) is 0 Å². The molecule has 0 amide bonds. The number of aromatic nitrogens is 1. The Morgan fingerprint density at radius 2 is 1.78 bits per heavy atom. The molecule has 6 heteroatoms. The van der Waals surface area contributed by atoms with Crippen molar-refractivity contribution in [3.8, 4) is 0 Å². The monoisotopic (exact) mass is 662 g/mol. The van der Waals surface area contributed by atoms with Crippen molar-refractivity contribution in [1.82, 2.24) is 4.98 Å². The van der Waals surface area contributed by atoms with Crippen molar-refractivity contribution >= 4 is 16.7 Å². The predicted molar refractivity (Wildman–Crippen MR) is 85.7 cm³/mol. The molecule has 1 aromatic heterocycles. The minimum atomic E-state index is -0.273. The molecule has 0 N–H and O–H groups in total. The number of ether oxygens (including phenoxy) is 1. The molecule has 130 valence electrons. The summed E-state index contributed by atoms with van der Waals surface area (Å²) < 4.78 is 19.2. The van der Waals surface area contributed by atoms with E-state index in [4.69, 9.17) is 4.74 Å². The summed E-state index contributed by atoms with van der Waals surface area (Å²) in [5.74, 6) is 0.387. The Balaban J connectivity index is 0. The van der Waals surface area contributed by atoms with Crippen LogP contribution in [0.3, 0.4) is 0 Å². The van der Waals surface area contributed by atoms with Crippen molar-refractivity contribution in [3.05, 3.63) is 62.1 Å². The second-order valence-electron chi connectivity index (χ2n) is 5.81. The Hall–Kier alpha value is -0.645. The molecular weight excluding hydrogens is 640 g/mol. The third-order valence-electron chi connectivity index (χ3n) is 3.15. The number of nitrogens with zero attached hydrogens (tertiary/aromatic N) is 2. The largest absolute Gasteiger partial charge is 0.663 e. The maximum atomic E-state index is 13.3. The first-order chi connectivity index (χ1) is 8.95. The summed E-state index contributed by atoms with van der Waals surface area (Å²) >= 11 is 0. The van der Waals surface area contributed by atoms with E-state index < -0.39 is 0 Å². The van der Waals surface area contributed by atoms with Gasteiger partial charge in [0.25, 0.3) is 0 Å². The Bertz CT molecular complexity index is 662. The van der Waals surface area contributed by atoms with Gasteiger partial charge >= 0.3 is 0 Å². The summed E-state index contributed by atoms with van der Waals surface area (Å²) in [6, 6.07) is 4.56. The van der Waals surface area contributed by atoms with Crippen LogP contribution in [-0.4, -0.2) is 6.23 Å². The third-order valence-corrected chi connectivity index (χ3v) is 3.15. The number of hydrogen-bond acceptors (Lipinski definition) is 1. The van der Waals surface area contributed by atoms with Gasteiger partial charge < -0.3 is 29.9 Å². The van der Waals surface area contributed by atoms with E-state index in [1.54, 1.807) is 18.5 Å². The van der Waals surface area contributed by atoms with E-state index in [0.29, 0.717) is 5.76 Å². The summed E-state index contributed by atoms with van der Waals surface area (Å²) in [6.07, 6.45) is 3.20. The number of fused-ring (bicyclic) bond motifs is 1. The van der Waals surface area contributed by atoms with Gasteiger partial charge in [-0.05, 0) is 28.5 Å². The molecule has 3 rings (SSSR count). The van der Waals surface area contributed by atoms with Crippen LogP contribution in [0.25, 0.3) is 22.0 Å². The summed E-state index contributed by atoms with van der Waals surface area (Å²) in [6.45, 7) is 6.21. The van der Waals surface area contributed by atoms with Gasteiger partial charge in [0.05, 0.1) is 0 Å². The fourth-order valence-electron chi connectivity index (χ4n) is 2.09. The Labute approximate surface area is 165 Å². The van der Waals surface area contributed by atoms with Crippen molar-refractivity contribution in [2.24, 2.45) is 5.41 Å². The molecule has 1 aliphatic heterocycles. The fourth-order valence-corrected chi connectivity index (χ4v) is 2.09. The van der Waals surface area contributed by atoms with Crippen LogP contribution in [0.2, 0.25) is 0 Å². The first-order valence-corrected chi connectivity index (χ1v) is 6.23. The summed E-state index contributed by atoms with van der Waals surface area (Å²) in [5.41, 5.74) is 1.49. The van der Waals surface area contributed by atoms with Crippen molar-refractivity contribution in [3.63, 3.8) is 0 Å². The minimum absolute atomic E-state index is 0. The molecule has 1 unspecified atom stereocenters. The topological polar surface area (TPSA) is 37.4 Å². The zero-order valence-corrected chi connectivity index (χ0v) is 19.3. The molecule has 2 heterocycles. The fraction of sp³-hybridized carbons (Fsp3) is 0.294. The van der Waals surface area contributed by atoms with Crippen LogP contribution in [0.4, 0.5) is 4.39 Å².